The van der Waals surface area contributed by atoms with Crippen LogP contribution in [-0.4, -0.2) is 22.1 Å². The van der Waals surface area contributed by atoms with E-state index < -0.39 is 12.1 Å². The van der Waals surface area contributed by atoms with Crippen LogP contribution >= 0.6 is 0 Å². The van der Waals surface area contributed by atoms with Crippen LogP contribution in [0.15, 0.2) is 58.8 Å². The van der Waals surface area contributed by atoms with Crippen LogP contribution in [0, 0.1) is 0 Å². The Hall–Kier alpha value is -3.29. The average molecular weight is 342 g/mol. The summed E-state index contributed by atoms with van der Waals surface area (Å²) in [6.07, 6.45) is -5.06. The maximum Gasteiger partial charge on any atom is 0.475 e. The quantitative estimate of drug-likeness (QED) is 0.495. The van der Waals surface area contributed by atoms with E-state index in [-0.39, 0.29) is 5.69 Å². The number of hydrogen-bond acceptors (Lipinski definition) is 3. The smallest absolute Gasteiger partial charge is 0.350 e. The molecule has 4 rings (SSSR count). The van der Waals surface area contributed by atoms with Gasteiger partial charge in [-0.05, 0) is 12.1 Å². The van der Waals surface area contributed by atoms with E-state index in [0.717, 1.165) is 0 Å². The van der Waals surface area contributed by atoms with Crippen LogP contribution in [0.4, 0.5) is 18.9 Å². The van der Waals surface area contributed by atoms with Crippen LogP contribution in [0.25, 0.3) is 33.2 Å². The lowest BCUT2D eigenvalue weighted by atomic mass is 10.2. The Morgan fingerprint density at radius 3 is 2.44 bits per heavy atom. The molecule has 2 aliphatic rings. The Bertz CT molecular complexity index is 1110. The molecule has 1 aliphatic carbocycles. The number of halogens is 3. The molecular weight excluding hydrogens is 333 g/mol. The lowest BCUT2D eigenvalue weighted by Crippen LogP contribution is -2.19. The Kier molecular flexibility index (Phi) is 3.28. The van der Waals surface area contributed by atoms with Gasteiger partial charge < -0.3 is 4.98 Å². The van der Waals surface area contributed by atoms with E-state index in [1.807, 2.05) is 18.2 Å². The first-order valence-corrected chi connectivity index (χ1v) is 7.27. The first-order valence-electron chi connectivity index (χ1n) is 7.27. The molecular formula is C17H9F3N4O. The fourth-order valence-electron chi connectivity index (χ4n) is 2.70. The van der Waals surface area contributed by atoms with E-state index in [0.29, 0.717) is 33.2 Å². The molecule has 0 saturated carbocycles. The lowest BCUT2D eigenvalue weighted by Gasteiger charge is -2.04. The van der Waals surface area contributed by atoms with Crippen molar-refractivity contribution >= 4 is 33.4 Å². The van der Waals surface area contributed by atoms with E-state index in [4.69, 9.17) is 0 Å². The third-order valence-electron chi connectivity index (χ3n) is 3.79. The first-order chi connectivity index (χ1) is 11.9. The van der Waals surface area contributed by atoms with E-state index in [2.05, 4.69) is 20.2 Å². The van der Waals surface area contributed by atoms with Gasteiger partial charge in [0, 0.05) is 10.8 Å². The molecule has 0 aromatic heterocycles. The van der Waals surface area contributed by atoms with E-state index in [1.54, 1.807) is 30.3 Å². The fourth-order valence-corrected chi connectivity index (χ4v) is 2.70. The van der Waals surface area contributed by atoms with Gasteiger partial charge in [0.1, 0.15) is 5.69 Å². The highest BCUT2D eigenvalue weighted by atomic mass is 19.4. The monoisotopic (exact) mass is 342 g/mol. The van der Waals surface area contributed by atoms with Gasteiger partial charge in [0.25, 0.3) is 0 Å². The van der Waals surface area contributed by atoms with Gasteiger partial charge in [-0.1, -0.05) is 36.4 Å². The number of alkyl halides is 3. The largest absolute Gasteiger partial charge is 0.475 e. The highest BCUT2D eigenvalue weighted by Crippen LogP contribution is 2.43. The molecule has 8 heteroatoms. The molecule has 25 heavy (non-hydrogen) atoms. The summed E-state index contributed by atoms with van der Waals surface area (Å²) in [6, 6.07) is 14.3. The SMILES string of the molecule is O=C(N=Nc1c2[nH]c3ccccc3nc-2c2ccccc12)C(F)(F)F. The fraction of sp³-hybridized carbons (Fsp3) is 0.0588. The Balaban J connectivity index is 2.00. The van der Waals surface area contributed by atoms with Gasteiger partial charge in [-0.3, -0.25) is 4.79 Å². The number of para-hydroxylation sites is 2. The van der Waals surface area contributed by atoms with E-state index in [1.165, 1.54) is 0 Å². The molecule has 5 nitrogen and oxygen atoms in total. The topological polar surface area (TPSA) is 70.5 Å². The second-order valence-corrected chi connectivity index (χ2v) is 5.37. The summed E-state index contributed by atoms with van der Waals surface area (Å²) in [4.78, 5) is 18.7. The highest BCUT2D eigenvalue weighted by molar-refractivity contribution is 6.11. The lowest BCUT2D eigenvalue weighted by molar-refractivity contribution is -0.170. The maximum atomic E-state index is 12.4. The zero-order valence-corrected chi connectivity index (χ0v) is 12.5. The number of nitrogens with one attached hydrogen (secondary N) is 1. The molecule has 0 radical (unpaired) electrons. The number of hydrogen-bond donors (Lipinski definition) is 1. The predicted octanol–water partition coefficient (Wildman–Crippen LogP) is 4.99. The summed E-state index contributed by atoms with van der Waals surface area (Å²) < 4.78 is 37.2. The Labute approximate surface area is 138 Å². The predicted molar refractivity (Wildman–Crippen MR) is 85.8 cm³/mol. The molecule has 1 aliphatic heterocycles. The molecule has 2 aromatic carbocycles. The van der Waals surface area contributed by atoms with Crippen molar-refractivity contribution in [1.29, 1.82) is 0 Å². The Morgan fingerprint density at radius 2 is 1.68 bits per heavy atom. The van der Waals surface area contributed by atoms with E-state index >= 15 is 0 Å². The van der Waals surface area contributed by atoms with Crippen molar-refractivity contribution in [3.8, 4) is 11.4 Å². The first kappa shape index (κ1) is 15.3. The maximum absolute atomic E-state index is 12.4. The zero-order chi connectivity index (χ0) is 17.6. The summed E-state index contributed by atoms with van der Waals surface area (Å²) in [5.41, 5.74) is 2.55. The molecule has 0 spiro atoms. The minimum atomic E-state index is -5.06. The van der Waals surface area contributed by atoms with Crippen LogP contribution in [0.1, 0.15) is 0 Å². The van der Waals surface area contributed by atoms with Gasteiger partial charge in [-0.25, -0.2) is 4.98 Å². The third-order valence-corrected chi connectivity index (χ3v) is 3.79. The molecule has 2 aromatic rings. The van der Waals surface area contributed by atoms with Crippen molar-refractivity contribution < 1.29 is 18.0 Å². The molecule has 0 unspecified atom stereocenters. The van der Waals surface area contributed by atoms with Gasteiger partial charge in [0.05, 0.1) is 22.4 Å². The zero-order valence-electron chi connectivity index (χ0n) is 12.5. The summed E-state index contributed by atoms with van der Waals surface area (Å²) >= 11 is 0. The number of amides is 1. The van der Waals surface area contributed by atoms with Crippen molar-refractivity contribution in [1.82, 2.24) is 9.97 Å². The number of benzene rings is 2. The molecule has 124 valence electrons. The summed E-state index contributed by atoms with van der Waals surface area (Å²) in [6.45, 7) is 0. The Morgan fingerprint density at radius 1 is 1.00 bits per heavy atom. The molecule has 0 saturated heterocycles. The van der Waals surface area contributed by atoms with Crippen LogP contribution < -0.4 is 0 Å². The number of carbonyl (C=O) groups excluding carboxylic acids is 1. The molecule has 0 atom stereocenters. The van der Waals surface area contributed by atoms with Gasteiger partial charge in [0.2, 0.25) is 0 Å². The highest BCUT2D eigenvalue weighted by Gasteiger charge is 2.39. The number of H-pyrrole nitrogens is 1. The number of nitrogens with zero attached hydrogens (tertiary/aromatic N) is 3. The number of carbonyl (C=O) groups is 1. The summed E-state index contributed by atoms with van der Waals surface area (Å²) in [5, 5.41) is 7.69. The molecule has 0 fully saturated rings. The van der Waals surface area contributed by atoms with Crippen LogP contribution in [0.2, 0.25) is 0 Å². The minimum Gasteiger partial charge on any atom is -0.350 e. The number of aromatic amines is 1. The second-order valence-electron chi connectivity index (χ2n) is 5.37. The second kappa shape index (κ2) is 5.37. The number of aromatic nitrogens is 2. The standard InChI is InChI=1S/C17H9F3N4O/c18-17(19,20)16(25)24-23-14-10-6-2-1-5-9(10)13-15(14)22-12-8-4-3-7-11(12)21-13/h1-8,22H. The average Bonchev–Trinajstić information content (AvgIpc) is 2.90. The van der Waals surface area contributed by atoms with E-state index in [9.17, 15) is 18.0 Å². The molecule has 1 amide bonds. The third kappa shape index (κ3) is 2.51. The summed E-state index contributed by atoms with van der Waals surface area (Å²) in [7, 11) is 0. The van der Waals surface area contributed by atoms with Crippen LogP contribution in [-0.2, 0) is 4.79 Å². The van der Waals surface area contributed by atoms with Crippen molar-refractivity contribution in [2.45, 2.75) is 6.18 Å². The molecule has 1 N–H and O–H groups in total. The van der Waals surface area contributed by atoms with Crippen molar-refractivity contribution in [3.63, 3.8) is 0 Å². The van der Waals surface area contributed by atoms with Gasteiger partial charge in [-0.2, -0.15) is 13.2 Å². The number of rotatable bonds is 1. The van der Waals surface area contributed by atoms with Crippen molar-refractivity contribution in [3.05, 3.63) is 48.5 Å². The number of azo groups is 1. The normalized spacial score (nSPS) is 12.6. The van der Waals surface area contributed by atoms with Gasteiger partial charge in [0.15, 0.2) is 0 Å². The number of fused-ring (bicyclic) bond motifs is 4. The van der Waals surface area contributed by atoms with Gasteiger partial charge in [-0.15, -0.1) is 10.2 Å². The molecule has 1 heterocycles. The van der Waals surface area contributed by atoms with Crippen molar-refractivity contribution in [2.24, 2.45) is 10.2 Å². The molecule has 0 bridgehead atoms. The van der Waals surface area contributed by atoms with Crippen LogP contribution in [0.5, 0.6) is 0 Å². The van der Waals surface area contributed by atoms with Gasteiger partial charge >= 0.3 is 12.1 Å². The summed E-state index contributed by atoms with van der Waals surface area (Å²) in [5.74, 6) is -2.25. The minimum absolute atomic E-state index is 0.154. The van der Waals surface area contributed by atoms with Crippen LogP contribution in [0.3, 0.4) is 0 Å². The van der Waals surface area contributed by atoms with Crippen molar-refractivity contribution in [2.75, 3.05) is 0 Å².